The molecule has 2 rings (SSSR count). The van der Waals surface area contributed by atoms with Gasteiger partial charge in [0.15, 0.2) is 10.3 Å². The Kier molecular flexibility index (Phi) is 4.96. The Hall–Kier alpha value is -1.17. The number of thiophene rings is 1. The molecule has 1 unspecified atom stereocenters. The number of nitrogens with zero attached hydrogens (tertiary/aromatic N) is 2. The van der Waals surface area contributed by atoms with E-state index in [1.807, 2.05) is 6.92 Å². The molecule has 0 fully saturated rings. The molecule has 1 amide bonds. The van der Waals surface area contributed by atoms with Crippen molar-refractivity contribution >= 4 is 40.4 Å². The van der Waals surface area contributed by atoms with E-state index >= 15 is 0 Å². The Bertz CT molecular complexity index is 630. The van der Waals surface area contributed by atoms with E-state index in [4.69, 9.17) is 23.2 Å². The summed E-state index contributed by atoms with van der Waals surface area (Å²) in [7, 11) is 0. The van der Waals surface area contributed by atoms with Crippen LogP contribution in [0.2, 0.25) is 10.3 Å². The zero-order chi connectivity index (χ0) is 14.7. The fraction of sp³-hybridized carbons (Fsp3) is 0.308. The van der Waals surface area contributed by atoms with Crippen molar-refractivity contribution in [3.05, 3.63) is 43.8 Å². The molecular formula is C13H13Cl2N3OS. The first-order chi connectivity index (χ1) is 9.45. The minimum atomic E-state index is -0.299. The molecule has 20 heavy (non-hydrogen) atoms. The minimum Gasteiger partial charge on any atom is -0.349 e. The maximum absolute atomic E-state index is 12.1. The van der Waals surface area contributed by atoms with Crippen LogP contribution in [-0.2, 0) is 6.42 Å². The fourth-order valence-electron chi connectivity index (χ4n) is 1.76. The van der Waals surface area contributed by atoms with Gasteiger partial charge in [-0.15, -0.1) is 21.5 Å². The second kappa shape index (κ2) is 6.52. The van der Waals surface area contributed by atoms with E-state index in [1.54, 1.807) is 11.3 Å². The van der Waals surface area contributed by atoms with Crippen molar-refractivity contribution in [1.82, 2.24) is 15.5 Å². The molecule has 0 aliphatic rings. The van der Waals surface area contributed by atoms with Crippen molar-refractivity contribution in [2.24, 2.45) is 0 Å². The Labute approximate surface area is 131 Å². The average molecular weight is 330 g/mol. The van der Waals surface area contributed by atoms with Crippen LogP contribution in [0.4, 0.5) is 0 Å². The lowest BCUT2D eigenvalue weighted by molar-refractivity contribution is 0.0940. The second-order valence-electron chi connectivity index (χ2n) is 4.46. The van der Waals surface area contributed by atoms with Gasteiger partial charge in [0.25, 0.3) is 5.91 Å². The Balaban J connectivity index is 2.02. The molecule has 2 aromatic rings. The summed E-state index contributed by atoms with van der Waals surface area (Å²) in [6.07, 6.45) is 0.772. The summed E-state index contributed by atoms with van der Waals surface area (Å²) in [4.78, 5) is 14.6. The molecular weight excluding hydrogens is 317 g/mol. The first-order valence-electron chi connectivity index (χ1n) is 6.00. The van der Waals surface area contributed by atoms with Crippen LogP contribution in [0.1, 0.15) is 27.0 Å². The van der Waals surface area contributed by atoms with Gasteiger partial charge in [0, 0.05) is 22.2 Å². The summed E-state index contributed by atoms with van der Waals surface area (Å²) in [5.41, 5.74) is 0.237. The maximum Gasteiger partial charge on any atom is 0.254 e. The lowest BCUT2D eigenvalue weighted by Crippen LogP contribution is -2.34. The molecule has 4 nitrogen and oxygen atoms in total. The van der Waals surface area contributed by atoms with Gasteiger partial charge >= 0.3 is 0 Å². The van der Waals surface area contributed by atoms with E-state index < -0.39 is 0 Å². The molecule has 0 radical (unpaired) electrons. The Morgan fingerprint density at radius 3 is 2.80 bits per heavy atom. The third kappa shape index (κ3) is 3.91. The monoisotopic (exact) mass is 329 g/mol. The summed E-state index contributed by atoms with van der Waals surface area (Å²) in [5.74, 6) is -0.299. The van der Waals surface area contributed by atoms with Crippen molar-refractivity contribution in [3.8, 4) is 0 Å². The van der Waals surface area contributed by atoms with Crippen molar-refractivity contribution in [1.29, 1.82) is 0 Å². The maximum atomic E-state index is 12.1. The predicted molar refractivity (Wildman–Crippen MR) is 81.7 cm³/mol. The Morgan fingerprint density at radius 1 is 1.40 bits per heavy atom. The van der Waals surface area contributed by atoms with Crippen LogP contribution in [0.3, 0.4) is 0 Å². The summed E-state index contributed by atoms with van der Waals surface area (Å²) in [6, 6.07) is 5.54. The fourth-order valence-corrected chi connectivity index (χ4v) is 3.11. The molecule has 2 aromatic heterocycles. The van der Waals surface area contributed by atoms with E-state index in [-0.39, 0.29) is 27.8 Å². The predicted octanol–water partition coefficient (Wildman–Crippen LogP) is 3.51. The van der Waals surface area contributed by atoms with E-state index in [2.05, 4.69) is 34.6 Å². The zero-order valence-electron chi connectivity index (χ0n) is 11.0. The number of amides is 1. The smallest absolute Gasteiger partial charge is 0.254 e. The number of aromatic nitrogens is 2. The lowest BCUT2D eigenvalue weighted by atomic mass is 10.2. The third-order valence-electron chi connectivity index (χ3n) is 2.64. The summed E-state index contributed by atoms with van der Waals surface area (Å²) in [5, 5.41) is 10.3. The van der Waals surface area contributed by atoms with Gasteiger partial charge in [0.2, 0.25) is 0 Å². The molecule has 0 saturated carbocycles. The summed E-state index contributed by atoms with van der Waals surface area (Å²) >= 11 is 13.3. The van der Waals surface area contributed by atoms with Crippen LogP contribution in [-0.4, -0.2) is 22.1 Å². The van der Waals surface area contributed by atoms with Crippen LogP contribution in [0.15, 0.2) is 18.2 Å². The topological polar surface area (TPSA) is 54.9 Å². The molecule has 1 N–H and O–H groups in total. The van der Waals surface area contributed by atoms with Gasteiger partial charge in [0.1, 0.15) is 0 Å². The van der Waals surface area contributed by atoms with Gasteiger partial charge in [-0.3, -0.25) is 4.79 Å². The minimum absolute atomic E-state index is 0.0106. The number of rotatable bonds is 4. The van der Waals surface area contributed by atoms with Crippen molar-refractivity contribution in [3.63, 3.8) is 0 Å². The zero-order valence-corrected chi connectivity index (χ0v) is 13.3. The number of aryl methyl sites for hydroxylation is 1. The summed E-state index contributed by atoms with van der Waals surface area (Å²) < 4.78 is 0. The van der Waals surface area contributed by atoms with Gasteiger partial charge in [-0.1, -0.05) is 23.2 Å². The van der Waals surface area contributed by atoms with E-state index in [9.17, 15) is 4.79 Å². The molecule has 0 bridgehead atoms. The molecule has 0 spiro atoms. The number of carbonyl (C=O) groups is 1. The second-order valence-corrected chi connectivity index (χ2v) is 6.58. The molecule has 0 saturated heterocycles. The van der Waals surface area contributed by atoms with Gasteiger partial charge in [0.05, 0.1) is 5.56 Å². The van der Waals surface area contributed by atoms with Gasteiger partial charge in [-0.05, 0) is 32.0 Å². The van der Waals surface area contributed by atoms with Crippen LogP contribution in [0.25, 0.3) is 0 Å². The van der Waals surface area contributed by atoms with Crippen molar-refractivity contribution < 1.29 is 4.79 Å². The van der Waals surface area contributed by atoms with Crippen LogP contribution in [0.5, 0.6) is 0 Å². The van der Waals surface area contributed by atoms with Gasteiger partial charge < -0.3 is 5.32 Å². The quantitative estimate of drug-likeness (QED) is 0.933. The normalized spacial score (nSPS) is 12.2. The SMILES string of the molecule is Cc1ccc(CC(C)NC(=O)c2cc(Cl)nnc2Cl)s1. The standard InChI is InChI=1S/C13H13Cl2N3OS/c1-7(5-9-4-3-8(2)20-9)16-13(19)10-6-11(14)17-18-12(10)15/h3-4,6-7H,5H2,1-2H3,(H,16,19). The van der Waals surface area contributed by atoms with Gasteiger partial charge in [-0.25, -0.2) is 0 Å². The van der Waals surface area contributed by atoms with Crippen LogP contribution < -0.4 is 5.32 Å². The summed E-state index contributed by atoms with van der Waals surface area (Å²) in [6.45, 7) is 4.00. The number of carbonyl (C=O) groups excluding carboxylic acids is 1. The molecule has 0 aliphatic heterocycles. The average Bonchev–Trinajstić information content (AvgIpc) is 2.77. The van der Waals surface area contributed by atoms with Crippen molar-refractivity contribution in [2.75, 3.05) is 0 Å². The van der Waals surface area contributed by atoms with Gasteiger partial charge in [-0.2, -0.15) is 0 Å². The van der Waals surface area contributed by atoms with Crippen LogP contribution >= 0.6 is 34.5 Å². The number of halogens is 2. The molecule has 2 heterocycles. The molecule has 106 valence electrons. The highest BCUT2D eigenvalue weighted by Gasteiger charge is 2.16. The molecule has 7 heteroatoms. The number of hydrogen-bond donors (Lipinski definition) is 1. The van der Waals surface area contributed by atoms with E-state index in [0.29, 0.717) is 0 Å². The highest BCUT2D eigenvalue weighted by Crippen LogP contribution is 2.18. The third-order valence-corrected chi connectivity index (χ3v) is 4.13. The number of nitrogens with one attached hydrogen (secondary N) is 1. The first-order valence-corrected chi connectivity index (χ1v) is 7.58. The van der Waals surface area contributed by atoms with E-state index in [0.717, 1.165) is 6.42 Å². The number of hydrogen-bond acceptors (Lipinski definition) is 4. The van der Waals surface area contributed by atoms with Crippen molar-refractivity contribution in [2.45, 2.75) is 26.3 Å². The highest BCUT2D eigenvalue weighted by atomic mass is 35.5. The van der Waals surface area contributed by atoms with E-state index in [1.165, 1.54) is 15.8 Å². The first kappa shape index (κ1) is 15.2. The molecule has 0 aliphatic carbocycles. The largest absolute Gasteiger partial charge is 0.349 e. The lowest BCUT2D eigenvalue weighted by Gasteiger charge is -2.13. The molecule has 0 aromatic carbocycles. The van der Waals surface area contributed by atoms with Crippen LogP contribution in [0, 0.1) is 6.92 Å². The highest BCUT2D eigenvalue weighted by molar-refractivity contribution is 7.11. The molecule has 1 atom stereocenters. The Morgan fingerprint density at radius 2 is 2.15 bits per heavy atom.